The third-order valence-corrected chi connectivity index (χ3v) is 6.86. The normalized spacial score (nSPS) is 15.4. The van der Waals surface area contributed by atoms with Crippen molar-refractivity contribution in [2.24, 2.45) is 0 Å². The van der Waals surface area contributed by atoms with E-state index in [2.05, 4.69) is 0 Å². The molecule has 32 heavy (non-hydrogen) atoms. The summed E-state index contributed by atoms with van der Waals surface area (Å²) in [6.07, 6.45) is -2.50. The first-order chi connectivity index (χ1) is 15.0. The number of alkyl halides is 3. The zero-order chi connectivity index (χ0) is 23.5. The maximum absolute atomic E-state index is 14.2. The first-order valence-corrected chi connectivity index (χ1v) is 11.1. The van der Waals surface area contributed by atoms with Crippen molar-refractivity contribution in [2.45, 2.75) is 30.3 Å². The Morgan fingerprint density at radius 2 is 1.66 bits per heavy atom. The summed E-state index contributed by atoms with van der Waals surface area (Å²) in [5.74, 6) is -3.03. The van der Waals surface area contributed by atoms with E-state index in [1.807, 2.05) is 0 Å². The molecule has 0 amide bonds. The number of Topliss-reactive ketones (excluding diaryl/α,β-unsaturated/α-hetero) is 1. The Morgan fingerprint density at radius 3 is 2.31 bits per heavy atom. The Kier molecular flexibility index (Phi) is 6.99. The number of ether oxygens (including phenoxy) is 1. The fourth-order valence-corrected chi connectivity index (χ4v) is 4.85. The Hall–Kier alpha value is -2.79. The minimum Gasteiger partial charge on any atom is -0.454 e. The van der Waals surface area contributed by atoms with Crippen molar-refractivity contribution in [2.75, 3.05) is 19.7 Å². The summed E-state index contributed by atoms with van der Waals surface area (Å²) in [6, 6.07) is 6.27. The quantitative estimate of drug-likeness (QED) is 0.359. The Labute approximate surface area is 181 Å². The van der Waals surface area contributed by atoms with E-state index in [0.29, 0.717) is 18.9 Å². The fourth-order valence-electron chi connectivity index (χ4n) is 3.24. The predicted molar refractivity (Wildman–Crippen MR) is 105 cm³/mol. The highest BCUT2D eigenvalue weighted by molar-refractivity contribution is 7.89. The van der Waals surface area contributed by atoms with Crippen molar-refractivity contribution in [1.29, 1.82) is 0 Å². The molecule has 3 rings (SSSR count). The molecule has 0 unspecified atom stereocenters. The standard InChI is InChI=1S/C21H19F4NO5S/c22-17-8-7-15(12-19(17)32(29,30)26-9-2-1-3-10-26)20(28)31-13-18(27)14-5-4-6-16(11-14)21(23,24)25/h4-8,11-12H,1-3,9-10,13H2. The van der Waals surface area contributed by atoms with E-state index in [4.69, 9.17) is 4.74 Å². The van der Waals surface area contributed by atoms with Gasteiger partial charge in [-0.05, 0) is 43.2 Å². The number of hydrogen-bond acceptors (Lipinski definition) is 5. The lowest BCUT2D eigenvalue weighted by atomic mass is 10.1. The molecule has 0 spiro atoms. The lowest BCUT2D eigenvalue weighted by molar-refractivity contribution is -0.137. The fraction of sp³-hybridized carbons (Fsp3) is 0.333. The summed E-state index contributed by atoms with van der Waals surface area (Å²) in [6.45, 7) is -0.393. The molecule has 2 aromatic carbocycles. The van der Waals surface area contributed by atoms with E-state index in [-0.39, 0.29) is 24.2 Å². The van der Waals surface area contributed by atoms with Gasteiger partial charge in [0.05, 0.1) is 11.1 Å². The average Bonchev–Trinajstić information content (AvgIpc) is 2.77. The lowest BCUT2D eigenvalue weighted by Crippen LogP contribution is -2.36. The summed E-state index contributed by atoms with van der Waals surface area (Å²) in [7, 11) is -4.16. The number of esters is 1. The molecule has 11 heteroatoms. The predicted octanol–water partition coefficient (Wildman–Crippen LogP) is 4.06. The number of rotatable bonds is 6. The maximum atomic E-state index is 14.2. The molecular formula is C21H19F4NO5S. The second-order valence-electron chi connectivity index (χ2n) is 7.19. The summed E-state index contributed by atoms with van der Waals surface area (Å²) < 4.78 is 84.0. The summed E-state index contributed by atoms with van der Waals surface area (Å²) in [4.78, 5) is 23.7. The van der Waals surface area contributed by atoms with Crippen LogP contribution in [0.4, 0.5) is 17.6 Å². The SMILES string of the molecule is O=C(COC(=O)c1ccc(F)c(S(=O)(=O)N2CCCCC2)c1)c1cccc(C(F)(F)F)c1. The number of halogens is 4. The number of piperidine rings is 1. The number of carbonyl (C=O) groups is 2. The number of nitrogens with zero attached hydrogens (tertiary/aromatic N) is 1. The highest BCUT2D eigenvalue weighted by Gasteiger charge is 2.31. The van der Waals surface area contributed by atoms with Gasteiger partial charge in [-0.25, -0.2) is 17.6 Å². The van der Waals surface area contributed by atoms with Gasteiger partial charge in [-0.3, -0.25) is 4.79 Å². The van der Waals surface area contributed by atoms with Gasteiger partial charge in [-0.15, -0.1) is 0 Å². The zero-order valence-corrected chi connectivity index (χ0v) is 17.5. The van der Waals surface area contributed by atoms with Gasteiger partial charge >= 0.3 is 12.1 Å². The van der Waals surface area contributed by atoms with E-state index in [9.17, 15) is 35.6 Å². The van der Waals surface area contributed by atoms with Crippen LogP contribution in [0.25, 0.3) is 0 Å². The Balaban J connectivity index is 1.73. The van der Waals surface area contributed by atoms with Crippen LogP contribution in [-0.4, -0.2) is 44.2 Å². The highest BCUT2D eigenvalue weighted by Crippen LogP contribution is 2.29. The summed E-state index contributed by atoms with van der Waals surface area (Å²) in [5.41, 5.74) is -1.64. The second-order valence-corrected chi connectivity index (χ2v) is 9.09. The first kappa shape index (κ1) is 23.9. The number of hydrogen-bond donors (Lipinski definition) is 0. The van der Waals surface area contributed by atoms with E-state index < -0.39 is 50.8 Å². The monoisotopic (exact) mass is 473 g/mol. The van der Waals surface area contributed by atoms with Gasteiger partial charge < -0.3 is 4.74 Å². The van der Waals surface area contributed by atoms with Crippen LogP contribution in [0, 0.1) is 5.82 Å². The van der Waals surface area contributed by atoms with Crippen molar-refractivity contribution < 1.29 is 40.3 Å². The van der Waals surface area contributed by atoms with Crippen LogP contribution in [0.3, 0.4) is 0 Å². The lowest BCUT2D eigenvalue weighted by Gasteiger charge is -2.26. The molecule has 1 aliphatic rings. The number of carbonyl (C=O) groups excluding carboxylic acids is 2. The van der Waals surface area contributed by atoms with Gasteiger partial charge in [0.1, 0.15) is 10.7 Å². The van der Waals surface area contributed by atoms with Crippen molar-refractivity contribution in [1.82, 2.24) is 4.31 Å². The molecule has 0 N–H and O–H groups in total. The molecule has 1 aliphatic heterocycles. The third-order valence-electron chi connectivity index (χ3n) is 4.95. The van der Waals surface area contributed by atoms with Crippen molar-refractivity contribution in [3.63, 3.8) is 0 Å². The van der Waals surface area contributed by atoms with Gasteiger partial charge in [0, 0.05) is 18.7 Å². The van der Waals surface area contributed by atoms with Crippen LogP contribution in [0.5, 0.6) is 0 Å². The van der Waals surface area contributed by atoms with E-state index >= 15 is 0 Å². The molecule has 0 aromatic heterocycles. The molecule has 2 aromatic rings. The molecule has 0 aliphatic carbocycles. The van der Waals surface area contributed by atoms with Crippen LogP contribution in [0.2, 0.25) is 0 Å². The molecule has 1 fully saturated rings. The minimum absolute atomic E-state index is 0.238. The zero-order valence-electron chi connectivity index (χ0n) is 16.7. The maximum Gasteiger partial charge on any atom is 0.416 e. The van der Waals surface area contributed by atoms with Gasteiger partial charge in [-0.1, -0.05) is 18.6 Å². The second kappa shape index (κ2) is 9.37. The van der Waals surface area contributed by atoms with Crippen LogP contribution < -0.4 is 0 Å². The molecule has 0 radical (unpaired) electrons. The Bertz CT molecular complexity index is 1130. The smallest absolute Gasteiger partial charge is 0.416 e. The van der Waals surface area contributed by atoms with E-state index in [1.54, 1.807) is 0 Å². The molecule has 0 saturated carbocycles. The summed E-state index contributed by atoms with van der Waals surface area (Å²) >= 11 is 0. The Morgan fingerprint density at radius 1 is 0.969 bits per heavy atom. The van der Waals surface area contributed by atoms with Gasteiger partial charge in [0.15, 0.2) is 12.4 Å². The average molecular weight is 473 g/mol. The molecule has 1 saturated heterocycles. The molecule has 6 nitrogen and oxygen atoms in total. The first-order valence-electron chi connectivity index (χ1n) is 9.67. The van der Waals surface area contributed by atoms with Crippen molar-refractivity contribution in [3.8, 4) is 0 Å². The van der Waals surface area contributed by atoms with Crippen molar-refractivity contribution in [3.05, 3.63) is 65.0 Å². The van der Waals surface area contributed by atoms with Gasteiger partial charge in [0.2, 0.25) is 10.0 Å². The summed E-state index contributed by atoms with van der Waals surface area (Å²) in [5, 5.41) is 0. The molecule has 0 atom stereocenters. The highest BCUT2D eigenvalue weighted by atomic mass is 32.2. The van der Waals surface area contributed by atoms with Gasteiger partial charge in [-0.2, -0.15) is 17.5 Å². The molecular weight excluding hydrogens is 454 g/mol. The molecule has 0 bridgehead atoms. The third kappa shape index (κ3) is 5.33. The number of ketones is 1. The molecule has 172 valence electrons. The van der Waals surface area contributed by atoms with Crippen LogP contribution >= 0.6 is 0 Å². The van der Waals surface area contributed by atoms with Crippen molar-refractivity contribution >= 4 is 21.8 Å². The van der Waals surface area contributed by atoms with Gasteiger partial charge in [0.25, 0.3) is 0 Å². The topological polar surface area (TPSA) is 80.8 Å². The van der Waals surface area contributed by atoms with Crippen LogP contribution in [0.1, 0.15) is 45.5 Å². The number of benzene rings is 2. The van der Waals surface area contributed by atoms with E-state index in [0.717, 1.165) is 47.1 Å². The largest absolute Gasteiger partial charge is 0.454 e. The van der Waals surface area contributed by atoms with Crippen LogP contribution in [-0.2, 0) is 20.9 Å². The molecule has 1 heterocycles. The van der Waals surface area contributed by atoms with E-state index in [1.165, 1.54) is 0 Å². The number of sulfonamides is 1. The minimum atomic E-state index is -4.64. The van der Waals surface area contributed by atoms with Crippen LogP contribution in [0.15, 0.2) is 47.4 Å².